The summed E-state index contributed by atoms with van der Waals surface area (Å²) in [5, 5.41) is 4.51. The second kappa shape index (κ2) is 7.93. The number of nitrogens with zero attached hydrogens (tertiary/aromatic N) is 3. The molecule has 2 aromatic carbocycles. The first kappa shape index (κ1) is 18.4. The summed E-state index contributed by atoms with van der Waals surface area (Å²) < 4.78 is 26.3. The number of halogens is 2. The van der Waals surface area contributed by atoms with E-state index in [9.17, 15) is 13.6 Å². The van der Waals surface area contributed by atoms with Crippen molar-refractivity contribution in [3.8, 4) is 11.4 Å². The van der Waals surface area contributed by atoms with E-state index in [1.807, 2.05) is 24.3 Å². The predicted molar refractivity (Wildman–Crippen MR) is 106 cm³/mol. The minimum atomic E-state index is -0.986. The van der Waals surface area contributed by atoms with Gasteiger partial charge in [-0.05, 0) is 42.0 Å². The third-order valence-electron chi connectivity index (χ3n) is 4.21. The molecular formula is C22H14F2N4O. The van der Waals surface area contributed by atoms with Gasteiger partial charge in [0, 0.05) is 11.6 Å². The van der Waals surface area contributed by atoms with Crippen LogP contribution in [0.25, 0.3) is 22.3 Å². The molecule has 2 heterocycles. The van der Waals surface area contributed by atoms with Gasteiger partial charge in [-0.2, -0.15) is 5.10 Å². The van der Waals surface area contributed by atoms with E-state index in [2.05, 4.69) is 20.5 Å². The van der Waals surface area contributed by atoms with E-state index in [-0.39, 0.29) is 0 Å². The van der Waals surface area contributed by atoms with Gasteiger partial charge in [0.25, 0.3) is 5.91 Å². The Morgan fingerprint density at radius 2 is 1.76 bits per heavy atom. The fraction of sp³-hybridized carbons (Fsp3) is 0. The number of hydrogen-bond acceptors (Lipinski definition) is 4. The van der Waals surface area contributed by atoms with Gasteiger partial charge in [-0.15, -0.1) is 0 Å². The van der Waals surface area contributed by atoms with Crippen molar-refractivity contribution in [1.82, 2.24) is 15.4 Å². The van der Waals surface area contributed by atoms with Crippen molar-refractivity contribution in [1.29, 1.82) is 0 Å². The molecule has 0 atom stereocenters. The quantitative estimate of drug-likeness (QED) is 0.418. The van der Waals surface area contributed by atoms with Crippen molar-refractivity contribution in [3.63, 3.8) is 0 Å². The monoisotopic (exact) mass is 388 g/mol. The fourth-order valence-corrected chi connectivity index (χ4v) is 2.83. The Morgan fingerprint density at radius 3 is 2.55 bits per heavy atom. The standard InChI is InChI=1S/C22H14F2N4O/c23-17-9-8-14(11-18(17)24)13-26-28-22(29)16-12-21(20-7-3-4-10-25-20)27-19-6-2-1-5-15(16)19/h1-13H,(H,28,29)/b26-13-. The van der Waals surface area contributed by atoms with Crippen LogP contribution in [0.4, 0.5) is 8.78 Å². The summed E-state index contributed by atoms with van der Waals surface area (Å²) in [5.74, 6) is -2.39. The first-order chi connectivity index (χ1) is 14.1. The van der Waals surface area contributed by atoms with E-state index in [4.69, 9.17) is 0 Å². The lowest BCUT2D eigenvalue weighted by molar-refractivity contribution is 0.0956. The van der Waals surface area contributed by atoms with Crippen molar-refractivity contribution in [3.05, 3.63) is 95.7 Å². The maximum Gasteiger partial charge on any atom is 0.272 e. The molecule has 5 nitrogen and oxygen atoms in total. The molecule has 29 heavy (non-hydrogen) atoms. The summed E-state index contributed by atoms with van der Waals surface area (Å²) in [6, 6.07) is 17.7. The average Bonchev–Trinajstić information content (AvgIpc) is 2.76. The van der Waals surface area contributed by atoms with Crippen LogP contribution in [0.15, 0.2) is 78.0 Å². The lowest BCUT2D eigenvalue weighted by Crippen LogP contribution is -2.18. The first-order valence-electron chi connectivity index (χ1n) is 8.71. The van der Waals surface area contributed by atoms with Crippen LogP contribution in [-0.2, 0) is 0 Å². The van der Waals surface area contributed by atoms with Crippen molar-refractivity contribution in [2.24, 2.45) is 5.10 Å². The molecule has 0 bridgehead atoms. The minimum Gasteiger partial charge on any atom is -0.267 e. The van der Waals surface area contributed by atoms with Gasteiger partial charge >= 0.3 is 0 Å². The van der Waals surface area contributed by atoms with Crippen LogP contribution in [0.1, 0.15) is 15.9 Å². The zero-order chi connectivity index (χ0) is 20.2. The number of amides is 1. The first-order valence-corrected chi connectivity index (χ1v) is 8.71. The van der Waals surface area contributed by atoms with Gasteiger partial charge in [0.2, 0.25) is 0 Å². The van der Waals surface area contributed by atoms with Gasteiger partial charge in [-0.25, -0.2) is 19.2 Å². The molecule has 0 saturated heterocycles. The average molecular weight is 388 g/mol. The van der Waals surface area contributed by atoms with Crippen LogP contribution in [-0.4, -0.2) is 22.1 Å². The number of carbonyl (C=O) groups excluding carboxylic acids is 1. The minimum absolute atomic E-state index is 0.318. The van der Waals surface area contributed by atoms with E-state index in [0.29, 0.717) is 33.4 Å². The highest BCUT2D eigenvalue weighted by Gasteiger charge is 2.14. The number of benzene rings is 2. The Morgan fingerprint density at radius 1 is 0.931 bits per heavy atom. The second-order valence-corrected chi connectivity index (χ2v) is 6.16. The zero-order valence-electron chi connectivity index (χ0n) is 15.0. The largest absolute Gasteiger partial charge is 0.272 e. The molecule has 0 spiro atoms. The number of aromatic nitrogens is 2. The van der Waals surface area contributed by atoms with Gasteiger partial charge in [-0.1, -0.05) is 30.3 Å². The molecule has 0 aliphatic rings. The van der Waals surface area contributed by atoms with Crippen molar-refractivity contribution >= 4 is 23.0 Å². The zero-order valence-corrected chi connectivity index (χ0v) is 15.0. The molecule has 1 N–H and O–H groups in total. The number of fused-ring (bicyclic) bond motifs is 1. The van der Waals surface area contributed by atoms with Crippen LogP contribution in [0, 0.1) is 11.6 Å². The predicted octanol–water partition coefficient (Wildman–Crippen LogP) is 4.34. The maximum atomic E-state index is 13.3. The summed E-state index contributed by atoms with van der Waals surface area (Å²) in [7, 11) is 0. The number of rotatable bonds is 4. The maximum absolute atomic E-state index is 13.3. The SMILES string of the molecule is O=C(N/N=C\c1ccc(F)c(F)c1)c1cc(-c2ccccn2)nc2ccccc12. The molecule has 4 aromatic rings. The van der Waals surface area contributed by atoms with Crippen LogP contribution in [0.3, 0.4) is 0 Å². The molecule has 7 heteroatoms. The van der Waals surface area contributed by atoms with Crippen LogP contribution in [0.2, 0.25) is 0 Å². The molecule has 0 fully saturated rings. The molecule has 0 radical (unpaired) electrons. The molecule has 0 saturated carbocycles. The third-order valence-corrected chi connectivity index (χ3v) is 4.21. The number of carbonyl (C=O) groups is 1. The molecule has 0 unspecified atom stereocenters. The lowest BCUT2D eigenvalue weighted by Gasteiger charge is -2.08. The fourth-order valence-electron chi connectivity index (χ4n) is 2.83. The highest BCUT2D eigenvalue weighted by Crippen LogP contribution is 2.23. The van der Waals surface area contributed by atoms with E-state index in [1.165, 1.54) is 12.3 Å². The molecule has 142 valence electrons. The van der Waals surface area contributed by atoms with Crippen molar-refractivity contribution < 1.29 is 13.6 Å². The Balaban J connectivity index is 1.66. The highest BCUT2D eigenvalue weighted by molar-refractivity contribution is 6.07. The molecule has 1 amide bonds. The van der Waals surface area contributed by atoms with E-state index in [1.54, 1.807) is 30.5 Å². The Labute approximate surface area is 164 Å². The number of nitrogens with one attached hydrogen (secondary N) is 1. The van der Waals surface area contributed by atoms with Crippen molar-refractivity contribution in [2.45, 2.75) is 0 Å². The molecule has 0 aliphatic heterocycles. The van der Waals surface area contributed by atoms with E-state index < -0.39 is 17.5 Å². The third kappa shape index (κ3) is 3.98. The summed E-state index contributed by atoms with van der Waals surface area (Å²) in [6.07, 6.45) is 2.89. The summed E-state index contributed by atoms with van der Waals surface area (Å²) in [5.41, 5.74) is 4.95. The van der Waals surface area contributed by atoms with Crippen LogP contribution >= 0.6 is 0 Å². The van der Waals surface area contributed by atoms with Gasteiger partial charge in [0.05, 0.1) is 28.7 Å². The summed E-state index contributed by atoms with van der Waals surface area (Å²) >= 11 is 0. The molecule has 2 aromatic heterocycles. The van der Waals surface area contributed by atoms with Gasteiger partial charge in [-0.3, -0.25) is 9.78 Å². The van der Waals surface area contributed by atoms with Crippen LogP contribution in [0.5, 0.6) is 0 Å². The Hall–Kier alpha value is -4.00. The normalized spacial score (nSPS) is 11.1. The highest BCUT2D eigenvalue weighted by atomic mass is 19.2. The second-order valence-electron chi connectivity index (χ2n) is 6.16. The van der Waals surface area contributed by atoms with E-state index in [0.717, 1.165) is 12.1 Å². The van der Waals surface area contributed by atoms with Crippen LogP contribution < -0.4 is 5.43 Å². The van der Waals surface area contributed by atoms with Gasteiger partial charge in [0.1, 0.15) is 0 Å². The topological polar surface area (TPSA) is 67.2 Å². The number of para-hydroxylation sites is 1. The Kier molecular flexibility index (Phi) is 5.03. The number of pyridine rings is 2. The van der Waals surface area contributed by atoms with Crippen molar-refractivity contribution in [2.75, 3.05) is 0 Å². The Bertz CT molecular complexity index is 1230. The van der Waals surface area contributed by atoms with Gasteiger partial charge in [0.15, 0.2) is 11.6 Å². The summed E-state index contributed by atoms with van der Waals surface area (Å²) in [4.78, 5) is 21.6. The molecule has 4 rings (SSSR count). The molecule has 0 aliphatic carbocycles. The smallest absolute Gasteiger partial charge is 0.267 e. The number of hydrazone groups is 1. The number of hydrogen-bond donors (Lipinski definition) is 1. The summed E-state index contributed by atoms with van der Waals surface area (Å²) in [6.45, 7) is 0. The molecular weight excluding hydrogens is 374 g/mol. The van der Waals surface area contributed by atoms with E-state index >= 15 is 0 Å². The lowest BCUT2D eigenvalue weighted by atomic mass is 10.1. The van der Waals surface area contributed by atoms with Gasteiger partial charge < -0.3 is 0 Å².